The van der Waals surface area contributed by atoms with Crippen molar-refractivity contribution >= 4 is 11.6 Å². The normalized spacial score (nSPS) is 15.3. The largest absolute Gasteiger partial charge is 0.486 e. The van der Waals surface area contributed by atoms with Gasteiger partial charge in [-0.05, 0) is 79.4 Å². The van der Waals surface area contributed by atoms with Crippen LogP contribution in [-0.2, 0) is 4.79 Å². The number of ether oxygens (including phenoxy) is 1. The van der Waals surface area contributed by atoms with Crippen LogP contribution < -0.4 is 10.1 Å². The topological polar surface area (TPSA) is 65.4 Å². The van der Waals surface area contributed by atoms with E-state index in [1.54, 1.807) is 12.1 Å². The summed E-state index contributed by atoms with van der Waals surface area (Å²) in [4.78, 5) is 14.6. The molecular formula is C31H35N3O2. The van der Waals surface area contributed by atoms with Crippen LogP contribution >= 0.6 is 0 Å². The Hall–Kier alpha value is -3.62. The Balaban J connectivity index is 1.33. The molecular weight excluding hydrogens is 446 g/mol. The molecule has 0 aromatic heterocycles. The first-order valence-corrected chi connectivity index (χ1v) is 12.9. The third-order valence-corrected chi connectivity index (χ3v) is 6.88. The number of hydrogen-bond donors (Lipinski definition) is 1. The predicted molar refractivity (Wildman–Crippen MR) is 144 cm³/mol. The van der Waals surface area contributed by atoms with Gasteiger partial charge in [-0.25, -0.2) is 0 Å². The number of nitrogens with zero attached hydrogens (tertiary/aromatic N) is 2. The van der Waals surface area contributed by atoms with Gasteiger partial charge < -0.3 is 15.0 Å². The lowest BCUT2D eigenvalue weighted by molar-refractivity contribution is -0.118. The van der Waals surface area contributed by atoms with Crippen LogP contribution in [0.3, 0.4) is 0 Å². The molecule has 0 bridgehead atoms. The van der Waals surface area contributed by atoms with E-state index >= 15 is 0 Å². The Morgan fingerprint density at radius 2 is 1.75 bits per heavy atom. The fourth-order valence-corrected chi connectivity index (χ4v) is 4.68. The lowest BCUT2D eigenvalue weighted by Gasteiger charge is -2.33. The Morgan fingerprint density at radius 1 is 1.03 bits per heavy atom. The van der Waals surface area contributed by atoms with E-state index in [0.717, 1.165) is 55.9 Å². The summed E-state index contributed by atoms with van der Waals surface area (Å²) in [6.45, 7) is 6.88. The van der Waals surface area contributed by atoms with Crippen molar-refractivity contribution in [2.75, 3.05) is 25.0 Å². The van der Waals surface area contributed by atoms with Crippen molar-refractivity contribution in [2.45, 2.75) is 45.1 Å². The van der Waals surface area contributed by atoms with E-state index in [0.29, 0.717) is 11.5 Å². The SMILES string of the molecule is CC(C)C(=O)Nc1cccc(C2CCN(CCC(Oc3ccc(C#N)cc3)c3ccccc3)CC2)c1. The molecule has 3 aromatic carbocycles. The maximum Gasteiger partial charge on any atom is 0.226 e. The van der Waals surface area contributed by atoms with Crippen LogP contribution in [0, 0.1) is 17.2 Å². The highest BCUT2D eigenvalue weighted by atomic mass is 16.5. The quantitative estimate of drug-likeness (QED) is 0.377. The number of amides is 1. The summed E-state index contributed by atoms with van der Waals surface area (Å²) in [6, 6.07) is 28.2. The molecule has 36 heavy (non-hydrogen) atoms. The number of rotatable bonds is 9. The molecule has 4 rings (SSSR count). The smallest absolute Gasteiger partial charge is 0.226 e. The highest BCUT2D eigenvalue weighted by Crippen LogP contribution is 2.31. The van der Waals surface area contributed by atoms with Crippen molar-refractivity contribution in [3.05, 3.63) is 95.6 Å². The Bertz CT molecular complexity index is 1160. The van der Waals surface area contributed by atoms with Gasteiger partial charge in [0.25, 0.3) is 0 Å². The summed E-state index contributed by atoms with van der Waals surface area (Å²) >= 11 is 0. The number of piperidine rings is 1. The summed E-state index contributed by atoms with van der Waals surface area (Å²) in [5.74, 6) is 1.32. The first-order chi connectivity index (χ1) is 17.5. The van der Waals surface area contributed by atoms with E-state index in [4.69, 9.17) is 10.00 Å². The first-order valence-electron chi connectivity index (χ1n) is 12.9. The van der Waals surface area contributed by atoms with Gasteiger partial charge in [-0.15, -0.1) is 0 Å². The molecule has 0 saturated carbocycles. The van der Waals surface area contributed by atoms with Crippen molar-refractivity contribution in [3.8, 4) is 11.8 Å². The molecule has 1 amide bonds. The second-order valence-corrected chi connectivity index (χ2v) is 9.83. The molecule has 1 aliphatic rings. The van der Waals surface area contributed by atoms with E-state index in [1.807, 2.05) is 56.3 Å². The first kappa shape index (κ1) is 25.5. The minimum Gasteiger partial charge on any atom is -0.486 e. The van der Waals surface area contributed by atoms with E-state index in [2.05, 4.69) is 40.6 Å². The average molecular weight is 482 g/mol. The van der Waals surface area contributed by atoms with Crippen molar-refractivity contribution in [1.82, 2.24) is 4.90 Å². The number of anilines is 1. The number of hydrogen-bond acceptors (Lipinski definition) is 4. The fourth-order valence-electron chi connectivity index (χ4n) is 4.68. The molecule has 5 heteroatoms. The van der Waals surface area contributed by atoms with Gasteiger partial charge in [0.15, 0.2) is 0 Å². The molecule has 5 nitrogen and oxygen atoms in total. The minimum atomic E-state index is -0.0434. The molecule has 186 valence electrons. The van der Waals surface area contributed by atoms with Gasteiger partial charge in [-0.1, -0.05) is 56.3 Å². The van der Waals surface area contributed by atoms with E-state index in [9.17, 15) is 4.79 Å². The zero-order valence-corrected chi connectivity index (χ0v) is 21.2. The lowest BCUT2D eigenvalue weighted by atomic mass is 9.89. The average Bonchev–Trinajstić information content (AvgIpc) is 2.92. The molecule has 1 N–H and O–H groups in total. The van der Waals surface area contributed by atoms with Crippen molar-refractivity contribution in [3.63, 3.8) is 0 Å². The number of nitriles is 1. The predicted octanol–water partition coefficient (Wildman–Crippen LogP) is 6.54. The Kier molecular flexibility index (Phi) is 8.76. The Labute approximate surface area is 214 Å². The molecule has 1 heterocycles. The van der Waals surface area contributed by atoms with Gasteiger partial charge in [-0.2, -0.15) is 5.26 Å². The second-order valence-electron chi connectivity index (χ2n) is 9.83. The third kappa shape index (κ3) is 6.96. The molecule has 3 aromatic rings. The van der Waals surface area contributed by atoms with Crippen LogP contribution in [0.2, 0.25) is 0 Å². The maximum absolute atomic E-state index is 12.1. The molecule has 1 unspecified atom stereocenters. The van der Waals surface area contributed by atoms with Crippen molar-refractivity contribution < 1.29 is 9.53 Å². The summed E-state index contributed by atoms with van der Waals surface area (Å²) < 4.78 is 6.37. The molecule has 0 spiro atoms. The zero-order valence-electron chi connectivity index (χ0n) is 21.2. The number of carbonyl (C=O) groups excluding carboxylic acids is 1. The molecule has 1 atom stereocenters. The van der Waals surface area contributed by atoms with Crippen LogP contribution in [0.25, 0.3) is 0 Å². The molecule has 1 aliphatic heterocycles. The zero-order chi connectivity index (χ0) is 25.3. The van der Waals surface area contributed by atoms with Crippen LogP contribution in [0.4, 0.5) is 5.69 Å². The molecule has 0 aliphatic carbocycles. The highest BCUT2D eigenvalue weighted by molar-refractivity contribution is 5.92. The summed E-state index contributed by atoms with van der Waals surface area (Å²) in [6.07, 6.45) is 3.06. The number of carbonyl (C=O) groups is 1. The monoisotopic (exact) mass is 481 g/mol. The van der Waals surface area contributed by atoms with Crippen molar-refractivity contribution in [1.29, 1.82) is 5.26 Å². The number of nitrogens with one attached hydrogen (secondary N) is 1. The van der Waals surface area contributed by atoms with Gasteiger partial charge >= 0.3 is 0 Å². The fraction of sp³-hybridized carbons (Fsp3) is 0.355. The maximum atomic E-state index is 12.1. The standard InChI is InChI=1S/C31H35N3O2/c1-23(2)31(35)33-28-10-6-9-27(21-28)25-15-18-34(19-16-25)20-17-30(26-7-4-3-5-8-26)36-29-13-11-24(22-32)12-14-29/h3-14,21,23,25,30H,15-20H2,1-2H3,(H,33,35). The van der Waals surface area contributed by atoms with E-state index in [1.165, 1.54) is 5.56 Å². The number of benzene rings is 3. The van der Waals surface area contributed by atoms with Gasteiger partial charge in [0.05, 0.1) is 11.6 Å². The van der Waals surface area contributed by atoms with Crippen LogP contribution in [0.1, 0.15) is 61.8 Å². The van der Waals surface area contributed by atoms with Crippen LogP contribution in [0.15, 0.2) is 78.9 Å². The second kappa shape index (κ2) is 12.4. The van der Waals surface area contributed by atoms with Gasteiger partial charge in [0.2, 0.25) is 5.91 Å². The van der Waals surface area contributed by atoms with E-state index < -0.39 is 0 Å². The minimum absolute atomic E-state index is 0.0301. The lowest BCUT2D eigenvalue weighted by Crippen LogP contribution is -2.34. The number of likely N-dealkylation sites (tertiary alicyclic amines) is 1. The molecule has 1 fully saturated rings. The van der Waals surface area contributed by atoms with Crippen LogP contribution in [0.5, 0.6) is 5.75 Å². The summed E-state index contributed by atoms with van der Waals surface area (Å²) in [5, 5.41) is 12.1. The van der Waals surface area contributed by atoms with Gasteiger partial charge in [0, 0.05) is 24.6 Å². The van der Waals surface area contributed by atoms with Crippen LogP contribution in [-0.4, -0.2) is 30.4 Å². The highest BCUT2D eigenvalue weighted by Gasteiger charge is 2.23. The van der Waals surface area contributed by atoms with Gasteiger partial charge in [-0.3, -0.25) is 4.79 Å². The van der Waals surface area contributed by atoms with E-state index in [-0.39, 0.29) is 17.9 Å². The molecule has 1 saturated heterocycles. The summed E-state index contributed by atoms with van der Waals surface area (Å²) in [7, 11) is 0. The van der Waals surface area contributed by atoms with Crippen molar-refractivity contribution in [2.24, 2.45) is 5.92 Å². The van der Waals surface area contributed by atoms with Gasteiger partial charge in [0.1, 0.15) is 11.9 Å². The third-order valence-electron chi connectivity index (χ3n) is 6.88. The Morgan fingerprint density at radius 3 is 2.42 bits per heavy atom. The summed E-state index contributed by atoms with van der Waals surface area (Å²) in [5.41, 5.74) is 3.99. The molecule has 0 radical (unpaired) electrons.